The van der Waals surface area contributed by atoms with E-state index in [1.165, 1.54) is 12.8 Å². The Labute approximate surface area is 83.9 Å². The molecule has 0 aromatic heterocycles. The van der Waals surface area contributed by atoms with Crippen LogP contribution in [0.4, 0.5) is 0 Å². The van der Waals surface area contributed by atoms with Gasteiger partial charge in [0, 0.05) is 6.16 Å². The third-order valence-electron chi connectivity index (χ3n) is 1.57. The lowest BCUT2D eigenvalue weighted by molar-refractivity contribution is 0.249. The molecule has 0 radical (unpaired) electrons. The molecule has 0 spiro atoms. The smallest absolute Gasteiger partial charge is 0.170 e. The molecule has 0 saturated carbocycles. The van der Waals surface area contributed by atoms with Crippen molar-refractivity contribution in [2.45, 2.75) is 46.5 Å². The molecule has 0 amide bonds. The van der Waals surface area contributed by atoms with Crippen molar-refractivity contribution in [2.75, 3.05) is 19.4 Å². The minimum absolute atomic E-state index is 0.578. The minimum Gasteiger partial charge on any atom is -0.334 e. The monoisotopic (exact) mass is 206 g/mol. The summed E-state index contributed by atoms with van der Waals surface area (Å²) in [7, 11) is -0.578. The van der Waals surface area contributed by atoms with Crippen LogP contribution in [0.5, 0.6) is 0 Å². The molecule has 0 heterocycles. The first kappa shape index (κ1) is 13.4. The average Bonchev–Trinajstić information content (AvgIpc) is 2.17. The predicted octanol–water partition coefficient (Wildman–Crippen LogP) is 3.95. The van der Waals surface area contributed by atoms with Crippen molar-refractivity contribution in [1.82, 2.24) is 0 Å². The van der Waals surface area contributed by atoms with Crippen molar-refractivity contribution in [3.8, 4) is 0 Å². The first-order chi connectivity index (χ1) is 6.35. The summed E-state index contributed by atoms with van der Waals surface area (Å²) >= 11 is 0. The van der Waals surface area contributed by atoms with Gasteiger partial charge in [0.2, 0.25) is 0 Å². The fourth-order valence-corrected chi connectivity index (χ4v) is 2.52. The second-order valence-electron chi connectivity index (χ2n) is 3.08. The molecule has 0 atom stereocenters. The van der Waals surface area contributed by atoms with Crippen LogP contribution in [0, 0.1) is 0 Å². The zero-order valence-corrected chi connectivity index (χ0v) is 10.1. The van der Waals surface area contributed by atoms with Crippen LogP contribution < -0.4 is 0 Å². The van der Waals surface area contributed by atoms with E-state index in [-0.39, 0.29) is 0 Å². The molecule has 80 valence electrons. The standard InChI is InChI=1S/C10H23O2P/c1-4-7-10-13(11-8-5-2)12-9-6-3/h4-10H2,1-3H3. The van der Waals surface area contributed by atoms with Gasteiger partial charge in [0.15, 0.2) is 8.38 Å². The van der Waals surface area contributed by atoms with Crippen molar-refractivity contribution < 1.29 is 9.05 Å². The third-order valence-corrected chi connectivity index (χ3v) is 3.20. The predicted molar refractivity (Wildman–Crippen MR) is 59.2 cm³/mol. The molecule has 0 unspecified atom stereocenters. The molecule has 0 aromatic carbocycles. The Morgan fingerprint density at radius 2 is 1.38 bits per heavy atom. The van der Waals surface area contributed by atoms with Crippen molar-refractivity contribution in [1.29, 1.82) is 0 Å². The highest BCUT2D eigenvalue weighted by Gasteiger charge is 2.08. The molecule has 13 heavy (non-hydrogen) atoms. The highest BCUT2D eigenvalue weighted by molar-refractivity contribution is 7.47. The van der Waals surface area contributed by atoms with Gasteiger partial charge in [-0.2, -0.15) is 0 Å². The topological polar surface area (TPSA) is 18.5 Å². The van der Waals surface area contributed by atoms with Crippen LogP contribution >= 0.6 is 8.38 Å². The van der Waals surface area contributed by atoms with Gasteiger partial charge in [0.1, 0.15) is 0 Å². The van der Waals surface area contributed by atoms with E-state index in [1.807, 2.05) is 0 Å². The molecule has 0 rings (SSSR count). The maximum absolute atomic E-state index is 5.64. The number of rotatable bonds is 9. The maximum atomic E-state index is 5.64. The Balaban J connectivity index is 3.47. The third kappa shape index (κ3) is 8.67. The number of hydrogen-bond donors (Lipinski definition) is 0. The van der Waals surface area contributed by atoms with Crippen molar-refractivity contribution >= 4 is 8.38 Å². The summed E-state index contributed by atoms with van der Waals surface area (Å²) < 4.78 is 11.3. The zero-order chi connectivity index (χ0) is 9.94. The van der Waals surface area contributed by atoms with Gasteiger partial charge in [-0.05, 0) is 19.3 Å². The highest BCUT2D eigenvalue weighted by Crippen LogP contribution is 2.39. The van der Waals surface area contributed by atoms with Crippen LogP contribution in [0.1, 0.15) is 46.5 Å². The fourth-order valence-electron chi connectivity index (χ4n) is 0.840. The summed E-state index contributed by atoms with van der Waals surface area (Å²) in [6.45, 7) is 8.16. The molecule has 0 aliphatic heterocycles. The SMILES string of the molecule is CCCCP(OCCC)OCCC. The van der Waals surface area contributed by atoms with E-state index in [0.717, 1.165) is 32.2 Å². The summed E-state index contributed by atoms with van der Waals surface area (Å²) in [5.74, 6) is 0. The van der Waals surface area contributed by atoms with Gasteiger partial charge in [-0.3, -0.25) is 0 Å². The molecular weight excluding hydrogens is 183 g/mol. The van der Waals surface area contributed by atoms with E-state index < -0.39 is 8.38 Å². The Hall–Kier alpha value is 0.350. The van der Waals surface area contributed by atoms with Crippen molar-refractivity contribution in [3.05, 3.63) is 0 Å². The van der Waals surface area contributed by atoms with E-state index >= 15 is 0 Å². The molecule has 3 heteroatoms. The lowest BCUT2D eigenvalue weighted by Crippen LogP contribution is -1.97. The largest absolute Gasteiger partial charge is 0.334 e. The highest BCUT2D eigenvalue weighted by atomic mass is 31.2. The Morgan fingerprint density at radius 3 is 1.77 bits per heavy atom. The molecule has 0 bridgehead atoms. The molecule has 0 saturated heterocycles. The number of hydrogen-bond acceptors (Lipinski definition) is 2. The van der Waals surface area contributed by atoms with E-state index in [4.69, 9.17) is 9.05 Å². The van der Waals surface area contributed by atoms with E-state index in [9.17, 15) is 0 Å². The van der Waals surface area contributed by atoms with Crippen LogP contribution in [-0.2, 0) is 9.05 Å². The van der Waals surface area contributed by atoms with Crippen LogP contribution in [0.25, 0.3) is 0 Å². The second kappa shape index (κ2) is 10.4. The lowest BCUT2D eigenvalue weighted by atomic mass is 10.4. The van der Waals surface area contributed by atoms with E-state index in [1.54, 1.807) is 0 Å². The van der Waals surface area contributed by atoms with Gasteiger partial charge >= 0.3 is 0 Å². The lowest BCUT2D eigenvalue weighted by Gasteiger charge is -2.16. The van der Waals surface area contributed by atoms with E-state index in [2.05, 4.69) is 20.8 Å². The summed E-state index contributed by atoms with van der Waals surface area (Å²) in [4.78, 5) is 0. The van der Waals surface area contributed by atoms with Crippen molar-refractivity contribution in [2.24, 2.45) is 0 Å². The molecule has 0 aliphatic rings. The summed E-state index contributed by atoms with van der Waals surface area (Å²) in [6.07, 6.45) is 5.72. The molecular formula is C10H23O2P. The van der Waals surface area contributed by atoms with Crippen LogP contribution in [-0.4, -0.2) is 19.4 Å². The van der Waals surface area contributed by atoms with Crippen LogP contribution in [0.2, 0.25) is 0 Å². The Kier molecular flexibility index (Phi) is 10.7. The van der Waals surface area contributed by atoms with Gasteiger partial charge < -0.3 is 9.05 Å². The van der Waals surface area contributed by atoms with Gasteiger partial charge in [0.25, 0.3) is 0 Å². The van der Waals surface area contributed by atoms with E-state index in [0.29, 0.717) is 0 Å². The first-order valence-electron chi connectivity index (χ1n) is 5.38. The molecule has 0 aliphatic carbocycles. The van der Waals surface area contributed by atoms with Crippen LogP contribution in [0.3, 0.4) is 0 Å². The first-order valence-corrected chi connectivity index (χ1v) is 6.74. The summed E-state index contributed by atoms with van der Waals surface area (Å²) in [5, 5.41) is 0. The van der Waals surface area contributed by atoms with Crippen molar-refractivity contribution in [3.63, 3.8) is 0 Å². The Bertz CT molecular complexity index is 79.9. The van der Waals surface area contributed by atoms with Gasteiger partial charge in [-0.25, -0.2) is 0 Å². The molecule has 0 fully saturated rings. The minimum atomic E-state index is -0.578. The van der Waals surface area contributed by atoms with Gasteiger partial charge in [0.05, 0.1) is 13.2 Å². The molecule has 0 aromatic rings. The maximum Gasteiger partial charge on any atom is 0.170 e. The Morgan fingerprint density at radius 1 is 0.846 bits per heavy atom. The zero-order valence-electron chi connectivity index (χ0n) is 9.21. The van der Waals surface area contributed by atoms with Crippen LogP contribution in [0.15, 0.2) is 0 Å². The quantitative estimate of drug-likeness (QED) is 0.532. The summed E-state index contributed by atoms with van der Waals surface area (Å²) in [6, 6.07) is 0. The summed E-state index contributed by atoms with van der Waals surface area (Å²) in [5.41, 5.74) is 0. The normalized spacial score (nSPS) is 11.1. The number of unbranched alkanes of at least 4 members (excludes halogenated alkanes) is 1. The fraction of sp³-hybridized carbons (Fsp3) is 1.00. The molecule has 0 N–H and O–H groups in total. The average molecular weight is 206 g/mol. The second-order valence-corrected chi connectivity index (χ2v) is 4.71. The van der Waals surface area contributed by atoms with Gasteiger partial charge in [-0.1, -0.05) is 27.2 Å². The van der Waals surface area contributed by atoms with Gasteiger partial charge in [-0.15, -0.1) is 0 Å². The molecule has 2 nitrogen and oxygen atoms in total.